The number of carbonyl (C=O) groups is 1. The Morgan fingerprint density at radius 3 is 2.55 bits per heavy atom. The third-order valence-electron chi connectivity index (χ3n) is 3.50. The van der Waals surface area contributed by atoms with Gasteiger partial charge in [0.15, 0.2) is 0 Å². The first kappa shape index (κ1) is 14.8. The van der Waals surface area contributed by atoms with Gasteiger partial charge in [-0.25, -0.2) is 4.79 Å². The number of pyridine rings is 1. The molecule has 2 heterocycles. The molecule has 1 fully saturated rings. The lowest BCUT2D eigenvalue weighted by Crippen LogP contribution is -2.41. The van der Waals surface area contributed by atoms with Crippen LogP contribution in [0.2, 0.25) is 0 Å². The molecule has 1 saturated heterocycles. The molecule has 2 rings (SSSR count). The van der Waals surface area contributed by atoms with E-state index in [1.165, 1.54) is 5.56 Å². The van der Waals surface area contributed by atoms with Gasteiger partial charge in [-0.1, -0.05) is 0 Å². The Bertz CT molecular complexity index is 472. The minimum absolute atomic E-state index is 0.201. The van der Waals surface area contributed by atoms with E-state index in [2.05, 4.69) is 18.0 Å². The van der Waals surface area contributed by atoms with Crippen molar-refractivity contribution in [3.63, 3.8) is 0 Å². The van der Waals surface area contributed by atoms with Gasteiger partial charge in [-0.15, -0.1) is 0 Å². The van der Waals surface area contributed by atoms with Crippen molar-refractivity contribution in [1.82, 2.24) is 9.88 Å². The maximum atomic E-state index is 12.0. The largest absolute Gasteiger partial charge is 0.444 e. The molecule has 1 aliphatic heterocycles. The second-order valence-corrected chi connectivity index (χ2v) is 6.50. The molecule has 1 aromatic heterocycles. The van der Waals surface area contributed by atoms with Crippen LogP contribution >= 0.6 is 0 Å². The molecule has 4 nitrogen and oxygen atoms in total. The lowest BCUT2D eigenvalue weighted by atomic mass is 9.92. The van der Waals surface area contributed by atoms with Crippen molar-refractivity contribution in [3.8, 4) is 0 Å². The van der Waals surface area contributed by atoms with Crippen LogP contribution in [0, 0.1) is 6.92 Å². The third-order valence-corrected chi connectivity index (χ3v) is 3.50. The smallest absolute Gasteiger partial charge is 0.410 e. The summed E-state index contributed by atoms with van der Waals surface area (Å²) in [7, 11) is 0. The molecule has 1 aromatic rings. The van der Waals surface area contributed by atoms with E-state index in [4.69, 9.17) is 4.74 Å². The van der Waals surface area contributed by atoms with Crippen LogP contribution in [0.15, 0.2) is 18.3 Å². The molecule has 20 heavy (non-hydrogen) atoms. The highest BCUT2D eigenvalue weighted by Gasteiger charge is 2.27. The zero-order chi connectivity index (χ0) is 14.8. The Balaban J connectivity index is 1.91. The minimum atomic E-state index is -0.425. The summed E-state index contributed by atoms with van der Waals surface area (Å²) in [6.07, 6.45) is 3.57. The van der Waals surface area contributed by atoms with Gasteiger partial charge in [0.05, 0.1) is 0 Å². The summed E-state index contributed by atoms with van der Waals surface area (Å²) in [4.78, 5) is 18.3. The maximum absolute atomic E-state index is 12.0. The Kier molecular flexibility index (Phi) is 4.31. The predicted octanol–water partition coefficient (Wildman–Crippen LogP) is 3.50. The third kappa shape index (κ3) is 3.95. The van der Waals surface area contributed by atoms with Gasteiger partial charge in [0.1, 0.15) is 5.60 Å². The second-order valence-electron chi connectivity index (χ2n) is 6.50. The molecule has 0 N–H and O–H groups in total. The SMILES string of the molecule is Cc1ccnc(C2CCN(C(=O)OC(C)(C)C)CC2)c1. The summed E-state index contributed by atoms with van der Waals surface area (Å²) in [5.74, 6) is 0.452. The number of carbonyl (C=O) groups excluding carboxylic acids is 1. The number of nitrogens with zero attached hydrogens (tertiary/aromatic N) is 2. The predicted molar refractivity (Wildman–Crippen MR) is 78.8 cm³/mol. The van der Waals surface area contributed by atoms with Crippen LogP contribution in [0.1, 0.15) is 50.8 Å². The van der Waals surface area contributed by atoms with E-state index >= 15 is 0 Å². The van der Waals surface area contributed by atoms with Crippen LogP contribution in [-0.2, 0) is 4.74 Å². The number of hydrogen-bond donors (Lipinski definition) is 0. The average molecular weight is 276 g/mol. The van der Waals surface area contributed by atoms with Gasteiger partial charge in [-0.2, -0.15) is 0 Å². The zero-order valence-electron chi connectivity index (χ0n) is 12.8. The van der Waals surface area contributed by atoms with Gasteiger partial charge >= 0.3 is 6.09 Å². The molecule has 0 atom stereocenters. The highest BCUT2D eigenvalue weighted by molar-refractivity contribution is 5.68. The maximum Gasteiger partial charge on any atom is 0.410 e. The van der Waals surface area contributed by atoms with Crippen LogP contribution in [0.3, 0.4) is 0 Å². The molecule has 110 valence electrons. The first-order valence-corrected chi connectivity index (χ1v) is 7.25. The van der Waals surface area contributed by atoms with Crippen LogP contribution in [0.25, 0.3) is 0 Å². The van der Waals surface area contributed by atoms with E-state index in [9.17, 15) is 4.79 Å². The van der Waals surface area contributed by atoms with Crippen LogP contribution in [0.5, 0.6) is 0 Å². The van der Waals surface area contributed by atoms with Crippen molar-refractivity contribution in [1.29, 1.82) is 0 Å². The highest BCUT2D eigenvalue weighted by atomic mass is 16.6. The molecule has 0 bridgehead atoms. The van der Waals surface area contributed by atoms with Crippen LogP contribution in [0.4, 0.5) is 4.79 Å². The first-order chi connectivity index (χ1) is 9.35. The molecular formula is C16H24N2O2. The van der Waals surface area contributed by atoms with Crippen molar-refractivity contribution >= 4 is 6.09 Å². The van der Waals surface area contributed by atoms with E-state index < -0.39 is 5.60 Å². The summed E-state index contributed by atoms with van der Waals surface area (Å²) in [6, 6.07) is 4.16. The lowest BCUT2D eigenvalue weighted by Gasteiger charge is -2.33. The lowest BCUT2D eigenvalue weighted by molar-refractivity contribution is 0.0204. The standard InChI is InChI=1S/C16H24N2O2/c1-12-5-8-17-14(11-12)13-6-9-18(10-7-13)15(19)20-16(2,3)4/h5,8,11,13H,6-7,9-10H2,1-4H3. The summed E-state index contributed by atoms with van der Waals surface area (Å²) in [5, 5.41) is 0. The van der Waals surface area contributed by atoms with Gasteiger partial charge in [0.2, 0.25) is 0 Å². The van der Waals surface area contributed by atoms with Gasteiger partial charge in [0, 0.05) is 30.9 Å². The number of likely N-dealkylation sites (tertiary alicyclic amines) is 1. The fourth-order valence-corrected chi connectivity index (χ4v) is 2.47. The van der Waals surface area contributed by atoms with Crippen LogP contribution < -0.4 is 0 Å². The quantitative estimate of drug-likeness (QED) is 0.788. The Morgan fingerprint density at radius 1 is 1.35 bits per heavy atom. The monoisotopic (exact) mass is 276 g/mol. The molecule has 0 spiro atoms. The van der Waals surface area contributed by atoms with E-state index in [1.807, 2.05) is 33.0 Å². The fraction of sp³-hybridized carbons (Fsp3) is 0.625. The van der Waals surface area contributed by atoms with Gasteiger partial charge < -0.3 is 9.64 Å². The molecule has 1 aliphatic rings. The second kappa shape index (κ2) is 5.81. The molecule has 0 aliphatic carbocycles. The van der Waals surface area contributed by atoms with Crippen molar-refractivity contribution in [2.75, 3.05) is 13.1 Å². The summed E-state index contributed by atoms with van der Waals surface area (Å²) < 4.78 is 5.41. The normalized spacial score (nSPS) is 17.1. The fourth-order valence-electron chi connectivity index (χ4n) is 2.47. The first-order valence-electron chi connectivity index (χ1n) is 7.25. The molecule has 1 amide bonds. The summed E-state index contributed by atoms with van der Waals surface area (Å²) >= 11 is 0. The van der Waals surface area contributed by atoms with Crippen molar-refractivity contribution < 1.29 is 9.53 Å². The molecule has 0 unspecified atom stereocenters. The number of piperidine rings is 1. The molecule has 0 radical (unpaired) electrons. The molecule has 4 heteroatoms. The Morgan fingerprint density at radius 2 is 2.00 bits per heavy atom. The van der Waals surface area contributed by atoms with E-state index in [1.54, 1.807) is 4.90 Å². The minimum Gasteiger partial charge on any atom is -0.444 e. The van der Waals surface area contributed by atoms with Gasteiger partial charge in [0.25, 0.3) is 0 Å². The summed E-state index contributed by atoms with van der Waals surface area (Å²) in [6.45, 7) is 9.27. The van der Waals surface area contributed by atoms with Gasteiger partial charge in [-0.3, -0.25) is 4.98 Å². The number of amides is 1. The summed E-state index contributed by atoms with van der Waals surface area (Å²) in [5.41, 5.74) is 1.96. The van der Waals surface area contributed by atoms with Gasteiger partial charge in [-0.05, 0) is 58.2 Å². The zero-order valence-corrected chi connectivity index (χ0v) is 12.8. The average Bonchev–Trinajstić information content (AvgIpc) is 2.37. The van der Waals surface area contributed by atoms with Crippen LogP contribution in [-0.4, -0.2) is 34.7 Å². The Labute approximate surface area is 121 Å². The van der Waals surface area contributed by atoms with Crippen molar-refractivity contribution in [2.45, 2.75) is 52.1 Å². The molecule has 0 saturated carbocycles. The number of rotatable bonds is 1. The topological polar surface area (TPSA) is 42.4 Å². The van der Waals surface area contributed by atoms with Crippen molar-refractivity contribution in [3.05, 3.63) is 29.6 Å². The van der Waals surface area contributed by atoms with E-state index in [-0.39, 0.29) is 6.09 Å². The molecule has 0 aromatic carbocycles. The highest BCUT2D eigenvalue weighted by Crippen LogP contribution is 2.27. The van der Waals surface area contributed by atoms with E-state index in [0.29, 0.717) is 5.92 Å². The number of aryl methyl sites for hydroxylation is 1. The molecular weight excluding hydrogens is 252 g/mol. The Hall–Kier alpha value is -1.58. The number of ether oxygens (including phenoxy) is 1. The van der Waals surface area contributed by atoms with E-state index in [0.717, 1.165) is 31.6 Å². The van der Waals surface area contributed by atoms with Crippen molar-refractivity contribution in [2.24, 2.45) is 0 Å². The number of hydrogen-bond acceptors (Lipinski definition) is 3. The number of aromatic nitrogens is 1.